The van der Waals surface area contributed by atoms with Crippen LogP contribution >= 0.6 is 0 Å². The first kappa shape index (κ1) is 17.9. The van der Waals surface area contributed by atoms with Gasteiger partial charge in [0.15, 0.2) is 0 Å². The van der Waals surface area contributed by atoms with E-state index in [2.05, 4.69) is 36.2 Å². The summed E-state index contributed by atoms with van der Waals surface area (Å²) in [5.41, 5.74) is 6.69. The molecule has 0 spiro atoms. The molecular weight excluding hydrogens is 290 g/mol. The Morgan fingerprint density at radius 1 is 1.26 bits per heavy atom. The molecule has 1 saturated heterocycles. The summed E-state index contributed by atoms with van der Waals surface area (Å²) in [6, 6.07) is 10.5. The van der Waals surface area contributed by atoms with Crippen LogP contribution in [0.5, 0.6) is 0 Å². The first-order chi connectivity index (χ1) is 11.1. The van der Waals surface area contributed by atoms with Gasteiger partial charge in [-0.25, -0.2) is 0 Å². The SMILES string of the molecule is CCN(CC)C(CNC(=O)C1(N)CCOCC1)c1ccccc1. The van der Waals surface area contributed by atoms with Crippen molar-refractivity contribution in [3.8, 4) is 0 Å². The Bertz CT molecular complexity index is 482. The van der Waals surface area contributed by atoms with E-state index in [1.165, 1.54) is 5.56 Å². The van der Waals surface area contributed by atoms with Crippen molar-refractivity contribution in [3.05, 3.63) is 35.9 Å². The Kier molecular flexibility index (Phi) is 6.57. The lowest BCUT2D eigenvalue weighted by Gasteiger charge is -2.34. The highest BCUT2D eigenvalue weighted by Crippen LogP contribution is 2.21. The fourth-order valence-electron chi connectivity index (χ4n) is 3.13. The van der Waals surface area contributed by atoms with Gasteiger partial charge in [-0.1, -0.05) is 44.2 Å². The van der Waals surface area contributed by atoms with Crippen LogP contribution in [0.2, 0.25) is 0 Å². The standard InChI is InChI=1S/C18H29N3O2/c1-3-21(4-2)16(15-8-6-5-7-9-15)14-20-17(22)18(19)10-12-23-13-11-18/h5-9,16H,3-4,10-14,19H2,1-2H3,(H,20,22). The van der Waals surface area contributed by atoms with E-state index in [0.717, 1.165) is 13.1 Å². The predicted molar refractivity (Wildman–Crippen MR) is 92.1 cm³/mol. The van der Waals surface area contributed by atoms with Crippen LogP contribution in [0.4, 0.5) is 0 Å². The highest BCUT2D eigenvalue weighted by atomic mass is 16.5. The number of rotatable bonds is 7. The van der Waals surface area contributed by atoms with Gasteiger partial charge in [-0.2, -0.15) is 0 Å². The molecule has 1 aliphatic rings. The lowest BCUT2D eigenvalue weighted by atomic mass is 9.90. The lowest BCUT2D eigenvalue weighted by molar-refractivity contribution is -0.130. The van der Waals surface area contributed by atoms with Gasteiger partial charge in [0.05, 0.1) is 11.6 Å². The third-order valence-corrected chi connectivity index (χ3v) is 4.73. The van der Waals surface area contributed by atoms with E-state index in [0.29, 0.717) is 32.6 Å². The smallest absolute Gasteiger partial charge is 0.240 e. The number of nitrogens with zero attached hydrogens (tertiary/aromatic N) is 1. The van der Waals surface area contributed by atoms with Gasteiger partial charge in [0, 0.05) is 19.8 Å². The zero-order chi connectivity index (χ0) is 16.7. The quantitative estimate of drug-likeness (QED) is 0.802. The Hall–Kier alpha value is -1.43. The van der Waals surface area contributed by atoms with Gasteiger partial charge in [-0.3, -0.25) is 9.69 Å². The van der Waals surface area contributed by atoms with Crippen molar-refractivity contribution in [1.82, 2.24) is 10.2 Å². The monoisotopic (exact) mass is 319 g/mol. The topological polar surface area (TPSA) is 67.6 Å². The van der Waals surface area contributed by atoms with Crippen LogP contribution < -0.4 is 11.1 Å². The Morgan fingerprint density at radius 2 is 1.87 bits per heavy atom. The molecular formula is C18H29N3O2. The summed E-state index contributed by atoms with van der Waals surface area (Å²) in [6.45, 7) is 7.85. The van der Waals surface area contributed by atoms with Crippen molar-refractivity contribution in [2.75, 3.05) is 32.8 Å². The van der Waals surface area contributed by atoms with E-state index in [-0.39, 0.29) is 11.9 Å². The number of benzene rings is 1. The number of carbonyl (C=O) groups excluding carboxylic acids is 1. The molecule has 1 aromatic rings. The number of likely N-dealkylation sites (N-methyl/N-ethyl adjacent to an activating group) is 1. The summed E-state index contributed by atoms with van der Waals surface area (Å²) in [7, 11) is 0. The number of carbonyl (C=O) groups is 1. The van der Waals surface area contributed by atoms with Gasteiger partial charge in [0.2, 0.25) is 5.91 Å². The molecule has 1 aliphatic heterocycles. The van der Waals surface area contributed by atoms with E-state index in [4.69, 9.17) is 10.5 Å². The molecule has 0 saturated carbocycles. The summed E-state index contributed by atoms with van der Waals surface area (Å²) in [6.07, 6.45) is 1.17. The maximum Gasteiger partial charge on any atom is 0.240 e. The van der Waals surface area contributed by atoms with Gasteiger partial charge < -0.3 is 15.8 Å². The number of hydrogen-bond acceptors (Lipinski definition) is 4. The Balaban J connectivity index is 2.04. The van der Waals surface area contributed by atoms with E-state index < -0.39 is 5.54 Å². The second kappa shape index (κ2) is 8.43. The van der Waals surface area contributed by atoms with Crippen molar-refractivity contribution < 1.29 is 9.53 Å². The second-order valence-corrected chi connectivity index (χ2v) is 6.13. The molecule has 5 nitrogen and oxygen atoms in total. The molecule has 0 aromatic heterocycles. The second-order valence-electron chi connectivity index (χ2n) is 6.13. The van der Waals surface area contributed by atoms with Crippen molar-refractivity contribution in [3.63, 3.8) is 0 Å². The van der Waals surface area contributed by atoms with Crippen molar-refractivity contribution in [1.29, 1.82) is 0 Å². The van der Waals surface area contributed by atoms with Crippen LogP contribution in [0.3, 0.4) is 0 Å². The summed E-state index contributed by atoms with van der Waals surface area (Å²) >= 11 is 0. The minimum absolute atomic E-state index is 0.0612. The summed E-state index contributed by atoms with van der Waals surface area (Å²) in [5, 5.41) is 3.08. The van der Waals surface area contributed by atoms with Gasteiger partial charge in [0.25, 0.3) is 0 Å². The lowest BCUT2D eigenvalue weighted by Crippen LogP contribution is -2.57. The predicted octanol–water partition coefficient (Wildman–Crippen LogP) is 1.69. The van der Waals surface area contributed by atoms with Crippen molar-refractivity contribution in [2.45, 2.75) is 38.3 Å². The molecule has 3 N–H and O–H groups in total. The van der Waals surface area contributed by atoms with Crippen molar-refractivity contribution >= 4 is 5.91 Å². The third-order valence-electron chi connectivity index (χ3n) is 4.73. The maximum absolute atomic E-state index is 12.5. The molecule has 1 unspecified atom stereocenters. The zero-order valence-corrected chi connectivity index (χ0v) is 14.3. The van der Waals surface area contributed by atoms with Crippen LogP contribution in [0.15, 0.2) is 30.3 Å². The summed E-state index contributed by atoms with van der Waals surface area (Å²) in [5.74, 6) is -0.0612. The normalized spacial score (nSPS) is 18.6. The highest BCUT2D eigenvalue weighted by molar-refractivity contribution is 5.86. The van der Waals surface area contributed by atoms with E-state index in [9.17, 15) is 4.79 Å². The summed E-state index contributed by atoms with van der Waals surface area (Å²) in [4.78, 5) is 14.9. The Labute approximate surface area is 139 Å². The fourth-order valence-corrected chi connectivity index (χ4v) is 3.13. The fraction of sp³-hybridized carbons (Fsp3) is 0.611. The average Bonchev–Trinajstić information content (AvgIpc) is 2.59. The Morgan fingerprint density at radius 3 is 2.43 bits per heavy atom. The largest absolute Gasteiger partial charge is 0.381 e. The number of nitrogens with one attached hydrogen (secondary N) is 1. The van der Waals surface area contributed by atoms with Gasteiger partial charge >= 0.3 is 0 Å². The number of amides is 1. The average molecular weight is 319 g/mol. The molecule has 0 bridgehead atoms. The molecule has 1 amide bonds. The number of nitrogens with two attached hydrogens (primary N) is 1. The molecule has 5 heteroatoms. The van der Waals surface area contributed by atoms with Crippen LogP contribution in [-0.4, -0.2) is 49.2 Å². The molecule has 0 aliphatic carbocycles. The molecule has 23 heavy (non-hydrogen) atoms. The van der Waals surface area contributed by atoms with Crippen LogP contribution in [0.25, 0.3) is 0 Å². The molecule has 2 rings (SSSR count). The first-order valence-electron chi connectivity index (χ1n) is 8.54. The molecule has 1 atom stereocenters. The minimum Gasteiger partial charge on any atom is -0.381 e. The summed E-state index contributed by atoms with van der Waals surface area (Å²) < 4.78 is 5.31. The number of hydrogen-bond donors (Lipinski definition) is 2. The maximum atomic E-state index is 12.5. The first-order valence-corrected chi connectivity index (χ1v) is 8.54. The van der Waals surface area contributed by atoms with Crippen molar-refractivity contribution in [2.24, 2.45) is 5.73 Å². The van der Waals surface area contributed by atoms with Gasteiger partial charge in [-0.15, -0.1) is 0 Å². The molecule has 1 fully saturated rings. The zero-order valence-electron chi connectivity index (χ0n) is 14.3. The molecule has 0 radical (unpaired) electrons. The molecule has 1 heterocycles. The number of ether oxygens (including phenoxy) is 1. The van der Waals surface area contributed by atoms with Crippen LogP contribution in [0.1, 0.15) is 38.3 Å². The third kappa shape index (κ3) is 4.53. The van der Waals surface area contributed by atoms with E-state index in [1.54, 1.807) is 0 Å². The molecule has 128 valence electrons. The highest BCUT2D eigenvalue weighted by Gasteiger charge is 2.36. The van der Waals surface area contributed by atoms with Crippen LogP contribution in [0, 0.1) is 0 Å². The van der Waals surface area contributed by atoms with Gasteiger partial charge in [0.1, 0.15) is 0 Å². The minimum atomic E-state index is -0.789. The molecule has 1 aromatic carbocycles. The van der Waals surface area contributed by atoms with E-state index >= 15 is 0 Å². The van der Waals surface area contributed by atoms with Crippen LogP contribution in [-0.2, 0) is 9.53 Å². The van der Waals surface area contributed by atoms with E-state index in [1.807, 2.05) is 18.2 Å². The van der Waals surface area contributed by atoms with Gasteiger partial charge in [-0.05, 0) is 31.5 Å².